The maximum absolute atomic E-state index is 3.64. The van der Waals surface area contributed by atoms with E-state index in [0.717, 1.165) is 13.0 Å². The molecular weight excluding hydrogens is 262 g/mol. The molecule has 2 aromatic rings. The molecule has 0 aliphatic rings. The van der Waals surface area contributed by atoms with Crippen molar-refractivity contribution in [2.45, 2.75) is 46.6 Å². The largest absolute Gasteiger partial charge is 0.306 e. The highest BCUT2D eigenvalue weighted by Crippen LogP contribution is 2.31. The fraction of sp³-hybridized carbons (Fsp3) is 0.444. The second-order valence-electron chi connectivity index (χ2n) is 5.37. The highest BCUT2D eigenvalue weighted by atomic mass is 32.1. The van der Waals surface area contributed by atoms with Gasteiger partial charge in [-0.05, 0) is 49.6 Å². The molecule has 0 aliphatic heterocycles. The van der Waals surface area contributed by atoms with Crippen LogP contribution in [0, 0.1) is 13.8 Å². The number of rotatable bonds is 6. The first-order valence-electron chi connectivity index (χ1n) is 7.54. The molecule has 2 heteroatoms. The SMILES string of the molecule is CCCc1cccc(C(NCC)c2cc(C)c(C)s2)c1. The van der Waals surface area contributed by atoms with Crippen molar-refractivity contribution in [3.63, 3.8) is 0 Å². The van der Waals surface area contributed by atoms with Crippen molar-refractivity contribution in [3.8, 4) is 0 Å². The van der Waals surface area contributed by atoms with Gasteiger partial charge in [0, 0.05) is 9.75 Å². The summed E-state index contributed by atoms with van der Waals surface area (Å²) in [5, 5.41) is 3.64. The number of hydrogen-bond acceptors (Lipinski definition) is 2. The monoisotopic (exact) mass is 287 g/mol. The summed E-state index contributed by atoms with van der Waals surface area (Å²) in [5.74, 6) is 0. The van der Waals surface area contributed by atoms with Gasteiger partial charge in [-0.3, -0.25) is 0 Å². The Morgan fingerprint density at radius 3 is 2.55 bits per heavy atom. The lowest BCUT2D eigenvalue weighted by atomic mass is 10.00. The Hall–Kier alpha value is -1.12. The van der Waals surface area contributed by atoms with E-state index in [9.17, 15) is 0 Å². The minimum Gasteiger partial charge on any atom is -0.306 e. The maximum Gasteiger partial charge on any atom is 0.0671 e. The molecule has 1 atom stereocenters. The molecule has 0 spiro atoms. The van der Waals surface area contributed by atoms with Crippen LogP contribution in [0.25, 0.3) is 0 Å². The predicted octanol–water partition coefficient (Wildman–Crippen LogP) is 5.02. The fourth-order valence-electron chi connectivity index (χ4n) is 2.55. The Kier molecular flexibility index (Phi) is 5.38. The molecule has 1 heterocycles. The van der Waals surface area contributed by atoms with Crippen LogP contribution in [-0.4, -0.2) is 6.54 Å². The number of hydrogen-bond donors (Lipinski definition) is 1. The lowest BCUT2D eigenvalue weighted by Gasteiger charge is -2.18. The Morgan fingerprint density at radius 1 is 1.15 bits per heavy atom. The third kappa shape index (κ3) is 3.50. The molecule has 0 aliphatic carbocycles. The molecule has 0 radical (unpaired) electrons. The molecule has 0 saturated carbocycles. The zero-order valence-corrected chi connectivity index (χ0v) is 13.8. The van der Waals surface area contributed by atoms with Gasteiger partial charge in [0.25, 0.3) is 0 Å². The third-order valence-corrected chi connectivity index (χ3v) is 4.92. The maximum atomic E-state index is 3.64. The van der Waals surface area contributed by atoms with Crippen molar-refractivity contribution >= 4 is 11.3 Å². The quantitative estimate of drug-likeness (QED) is 0.787. The molecule has 1 unspecified atom stereocenters. The number of thiophene rings is 1. The van der Waals surface area contributed by atoms with Crippen LogP contribution >= 0.6 is 11.3 Å². The van der Waals surface area contributed by atoms with Crippen molar-refractivity contribution in [2.75, 3.05) is 6.54 Å². The molecule has 0 saturated heterocycles. The molecule has 0 fully saturated rings. The van der Waals surface area contributed by atoms with E-state index >= 15 is 0 Å². The van der Waals surface area contributed by atoms with E-state index in [1.807, 2.05) is 11.3 Å². The number of benzene rings is 1. The summed E-state index contributed by atoms with van der Waals surface area (Å²) in [6.07, 6.45) is 2.36. The summed E-state index contributed by atoms with van der Waals surface area (Å²) >= 11 is 1.91. The molecule has 1 nitrogen and oxygen atoms in total. The Labute approximate surface area is 127 Å². The van der Waals surface area contributed by atoms with E-state index in [0.29, 0.717) is 6.04 Å². The highest BCUT2D eigenvalue weighted by Gasteiger charge is 2.16. The van der Waals surface area contributed by atoms with Gasteiger partial charge in [-0.15, -0.1) is 11.3 Å². The Morgan fingerprint density at radius 2 is 1.95 bits per heavy atom. The van der Waals surface area contributed by atoms with Crippen molar-refractivity contribution in [1.82, 2.24) is 5.32 Å². The minimum absolute atomic E-state index is 0.328. The molecule has 0 amide bonds. The molecule has 20 heavy (non-hydrogen) atoms. The molecule has 1 aromatic heterocycles. The molecular formula is C18H25NS. The topological polar surface area (TPSA) is 12.0 Å². The van der Waals surface area contributed by atoms with E-state index in [2.05, 4.69) is 63.3 Å². The van der Waals surface area contributed by atoms with Crippen molar-refractivity contribution in [3.05, 3.63) is 56.8 Å². The van der Waals surface area contributed by atoms with E-state index in [1.165, 1.54) is 32.9 Å². The number of nitrogens with one attached hydrogen (secondary N) is 1. The van der Waals surface area contributed by atoms with E-state index in [1.54, 1.807) is 0 Å². The van der Waals surface area contributed by atoms with Gasteiger partial charge in [-0.25, -0.2) is 0 Å². The first-order valence-corrected chi connectivity index (χ1v) is 8.36. The zero-order valence-electron chi connectivity index (χ0n) is 13.0. The summed E-state index contributed by atoms with van der Waals surface area (Å²) in [7, 11) is 0. The second kappa shape index (κ2) is 7.05. The van der Waals surface area contributed by atoms with Crippen LogP contribution in [0.1, 0.15) is 52.8 Å². The van der Waals surface area contributed by atoms with Crippen LogP contribution < -0.4 is 5.32 Å². The first kappa shape index (κ1) is 15.3. The van der Waals surface area contributed by atoms with Crippen LogP contribution in [0.5, 0.6) is 0 Å². The lowest BCUT2D eigenvalue weighted by Crippen LogP contribution is -2.21. The van der Waals surface area contributed by atoms with E-state index in [4.69, 9.17) is 0 Å². The van der Waals surface area contributed by atoms with Crippen LogP contribution in [0.15, 0.2) is 30.3 Å². The van der Waals surface area contributed by atoms with Gasteiger partial charge < -0.3 is 5.32 Å². The van der Waals surface area contributed by atoms with Crippen LogP contribution in [0.2, 0.25) is 0 Å². The van der Waals surface area contributed by atoms with Crippen molar-refractivity contribution in [1.29, 1.82) is 0 Å². The first-order chi connectivity index (χ1) is 9.65. The van der Waals surface area contributed by atoms with Gasteiger partial charge >= 0.3 is 0 Å². The van der Waals surface area contributed by atoms with E-state index < -0.39 is 0 Å². The summed E-state index contributed by atoms with van der Waals surface area (Å²) in [4.78, 5) is 2.85. The zero-order chi connectivity index (χ0) is 14.5. The average molecular weight is 287 g/mol. The fourth-order valence-corrected chi connectivity index (χ4v) is 3.69. The minimum atomic E-state index is 0.328. The molecule has 0 bridgehead atoms. The van der Waals surface area contributed by atoms with Gasteiger partial charge in [0.1, 0.15) is 0 Å². The summed E-state index contributed by atoms with van der Waals surface area (Å²) in [5.41, 5.74) is 4.23. The van der Waals surface area contributed by atoms with Gasteiger partial charge in [0.2, 0.25) is 0 Å². The normalized spacial score (nSPS) is 12.6. The standard InChI is InChI=1S/C18H25NS/c1-5-8-15-9-7-10-16(12-15)18(19-6-2)17-11-13(3)14(4)20-17/h7,9-12,18-19H,5-6,8H2,1-4H3. The number of aryl methyl sites for hydroxylation is 3. The third-order valence-electron chi connectivity index (χ3n) is 3.70. The summed E-state index contributed by atoms with van der Waals surface area (Å²) in [6, 6.07) is 11.7. The van der Waals surface area contributed by atoms with Crippen molar-refractivity contribution < 1.29 is 0 Å². The lowest BCUT2D eigenvalue weighted by molar-refractivity contribution is 0.638. The molecule has 1 aromatic carbocycles. The Balaban J connectivity index is 2.34. The summed E-state index contributed by atoms with van der Waals surface area (Å²) < 4.78 is 0. The molecule has 1 N–H and O–H groups in total. The van der Waals surface area contributed by atoms with Gasteiger partial charge in [0.15, 0.2) is 0 Å². The Bertz CT molecular complexity index is 537. The molecule has 108 valence electrons. The predicted molar refractivity (Wildman–Crippen MR) is 89.7 cm³/mol. The smallest absolute Gasteiger partial charge is 0.0671 e. The second-order valence-corrected chi connectivity index (χ2v) is 6.66. The van der Waals surface area contributed by atoms with Crippen molar-refractivity contribution in [2.24, 2.45) is 0 Å². The van der Waals surface area contributed by atoms with Crippen LogP contribution in [0.4, 0.5) is 0 Å². The van der Waals surface area contributed by atoms with Crippen LogP contribution in [0.3, 0.4) is 0 Å². The average Bonchev–Trinajstić information content (AvgIpc) is 2.76. The van der Waals surface area contributed by atoms with E-state index in [-0.39, 0.29) is 0 Å². The summed E-state index contributed by atoms with van der Waals surface area (Å²) in [6.45, 7) is 9.81. The van der Waals surface area contributed by atoms with Gasteiger partial charge in [0.05, 0.1) is 6.04 Å². The highest BCUT2D eigenvalue weighted by molar-refractivity contribution is 7.12. The van der Waals surface area contributed by atoms with Crippen LogP contribution in [-0.2, 0) is 6.42 Å². The van der Waals surface area contributed by atoms with Gasteiger partial charge in [-0.1, -0.05) is 44.5 Å². The van der Waals surface area contributed by atoms with Gasteiger partial charge in [-0.2, -0.15) is 0 Å². The molecule has 2 rings (SSSR count).